The van der Waals surface area contributed by atoms with Gasteiger partial charge in [-0.1, -0.05) is 6.07 Å². The van der Waals surface area contributed by atoms with E-state index in [0.29, 0.717) is 11.3 Å². The van der Waals surface area contributed by atoms with E-state index in [1.807, 2.05) is 6.07 Å². The summed E-state index contributed by atoms with van der Waals surface area (Å²) >= 11 is 0. The lowest BCUT2D eigenvalue weighted by Crippen LogP contribution is -2.33. The first-order valence-electron chi connectivity index (χ1n) is 11.2. The zero-order chi connectivity index (χ0) is 22.0. The van der Waals surface area contributed by atoms with Gasteiger partial charge in [0.25, 0.3) is 0 Å². The predicted molar refractivity (Wildman–Crippen MR) is 116 cm³/mol. The van der Waals surface area contributed by atoms with Crippen LogP contribution in [-0.4, -0.2) is 26.7 Å². The third kappa shape index (κ3) is 2.79. The van der Waals surface area contributed by atoms with Gasteiger partial charge in [0.2, 0.25) is 5.91 Å². The molecule has 0 atom stereocenters. The molecule has 0 unspecified atom stereocenters. The Morgan fingerprint density at radius 3 is 2.66 bits per heavy atom. The third-order valence-electron chi connectivity index (χ3n) is 7.39. The average Bonchev–Trinajstić information content (AvgIpc) is 3.48. The van der Waals surface area contributed by atoms with E-state index in [1.165, 1.54) is 12.1 Å². The van der Waals surface area contributed by atoms with Crippen molar-refractivity contribution in [3.8, 4) is 6.07 Å². The highest BCUT2D eigenvalue weighted by Crippen LogP contribution is 2.57. The molecule has 3 aliphatic rings. The van der Waals surface area contributed by atoms with E-state index in [2.05, 4.69) is 10.6 Å². The van der Waals surface area contributed by atoms with Gasteiger partial charge in [0, 0.05) is 6.04 Å². The lowest BCUT2D eigenvalue weighted by molar-refractivity contribution is -0.120. The Morgan fingerprint density at radius 1 is 1.16 bits per heavy atom. The van der Waals surface area contributed by atoms with Gasteiger partial charge >= 0.3 is 0 Å². The lowest BCUT2D eigenvalue weighted by Gasteiger charge is -2.29. The van der Waals surface area contributed by atoms with Crippen molar-refractivity contribution >= 4 is 22.6 Å². The monoisotopic (exact) mass is 430 g/mol. The second-order valence-corrected chi connectivity index (χ2v) is 9.31. The van der Waals surface area contributed by atoms with Gasteiger partial charge in [-0.3, -0.25) is 4.79 Å². The minimum atomic E-state index is -0.497. The number of nitriles is 1. The summed E-state index contributed by atoms with van der Waals surface area (Å²) in [5.74, 6) is 0.402. The molecule has 2 heterocycles. The summed E-state index contributed by atoms with van der Waals surface area (Å²) in [7, 11) is 0. The molecule has 1 N–H and O–H groups in total. The Morgan fingerprint density at radius 2 is 1.94 bits per heavy atom. The average molecular weight is 430 g/mol. The van der Waals surface area contributed by atoms with Crippen LogP contribution in [0.3, 0.4) is 0 Å². The summed E-state index contributed by atoms with van der Waals surface area (Å²) in [5, 5.41) is 19.3. The van der Waals surface area contributed by atoms with E-state index in [-0.39, 0.29) is 30.4 Å². The van der Waals surface area contributed by atoms with Crippen molar-refractivity contribution in [2.24, 2.45) is 0 Å². The Kier molecular flexibility index (Phi) is 4.18. The Labute approximate surface area is 184 Å². The largest absolute Gasteiger partial charge is 0.393 e. The van der Waals surface area contributed by atoms with Crippen LogP contribution in [-0.2, 0) is 16.8 Å². The molecule has 1 aromatic heterocycles. The number of aliphatic hydroxyl groups is 1. The molecule has 2 aromatic carbocycles. The highest BCUT2D eigenvalue weighted by atomic mass is 19.1. The maximum atomic E-state index is 14.1. The number of imidazole rings is 1. The first-order valence-corrected chi connectivity index (χ1v) is 11.2. The van der Waals surface area contributed by atoms with Crippen LogP contribution in [0.15, 0.2) is 36.4 Å². The normalized spacial score (nSPS) is 23.5. The van der Waals surface area contributed by atoms with Gasteiger partial charge in [0.1, 0.15) is 11.6 Å². The molecule has 7 heteroatoms. The van der Waals surface area contributed by atoms with E-state index in [4.69, 9.17) is 4.98 Å². The van der Waals surface area contributed by atoms with Crippen LogP contribution in [0.4, 0.5) is 10.1 Å². The van der Waals surface area contributed by atoms with Crippen molar-refractivity contribution in [1.82, 2.24) is 9.55 Å². The standard InChI is InChI=1S/C25H23FN4O2/c26-16-2-7-19-22(12-16)29(24(32)25(19)9-10-25)14-23-28-20-11-15(13-27)1-8-21(20)30(23)17-3-5-18(31)6-4-17/h1-2,7-8,11-12,17-18,31H,3-6,9-10,14H2/t17-,18-. The second kappa shape index (κ2) is 6.88. The Hall–Kier alpha value is -3.24. The number of aromatic nitrogens is 2. The summed E-state index contributed by atoms with van der Waals surface area (Å²) < 4.78 is 16.3. The van der Waals surface area contributed by atoms with Crippen molar-refractivity contribution < 1.29 is 14.3 Å². The quantitative estimate of drug-likeness (QED) is 0.678. The molecule has 1 spiro atoms. The summed E-state index contributed by atoms with van der Waals surface area (Å²) in [6, 6.07) is 12.4. The summed E-state index contributed by atoms with van der Waals surface area (Å²) in [4.78, 5) is 19.9. The van der Waals surface area contributed by atoms with Crippen molar-refractivity contribution in [3.63, 3.8) is 0 Å². The van der Waals surface area contributed by atoms with Gasteiger partial charge in [-0.2, -0.15) is 5.26 Å². The molecule has 162 valence electrons. The van der Waals surface area contributed by atoms with E-state index in [1.54, 1.807) is 23.1 Å². The fraction of sp³-hybridized carbons (Fsp3) is 0.400. The van der Waals surface area contributed by atoms with Gasteiger partial charge in [-0.05, 0) is 74.4 Å². The number of hydrogen-bond acceptors (Lipinski definition) is 4. The zero-order valence-electron chi connectivity index (χ0n) is 17.6. The Balaban J connectivity index is 1.45. The summed E-state index contributed by atoms with van der Waals surface area (Å²) in [5.41, 5.74) is 3.24. The van der Waals surface area contributed by atoms with Crippen molar-refractivity contribution in [3.05, 3.63) is 59.2 Å². The lowest BCUT2D eigenvalue weighted by atomic mass is 9.92. The molecule has 6 rings (SSSR count). The van der Waals surface area contributed by atoms with Gasteiger partial charge in [0.15, 0.2) is 0 Å². The first-order chi connectivity index (χ1) is 15.5. The molecule has 3 aromatic rings. The number of aliphatic hydroxyl groups excluding tert-OH is 1. The third-order valence-corrected chi connectivity index (χ3v) is 7.39. The molecule has 2 fully saturated rings. The molecule has 1 amide bonds. The molecule has 0 saturated heterocycles. The van der Waals surface area contributed by atoms with Gasteiger partial charge in [-0.15, -0.1) is 0 Å². The SMILES string of the molecule is N#Cc1ccc2c(c1)nc(CN1C(=O)C3(CC3)c3ccc(F)cc31)n2[C@H]1CC[C@H](O)CC1. The summed E-state index contributed by atoms with van der Waals surface area (Å²) in [6.45, 7) is 0.257. The fourth-order valence-corrected chi connectivity index (χ4v) is 5.58. The van der Waals surface area contributed by atoms with E-state index < -0.39 is 5.41 Å². The van der Waals surface area contributed by atoms with Gasteiger partial charge in [0.05, 0.1) is 46.4 Å². The predicted octanol–water partition coefficient (Wildman–Crippen LogP) is 4.10. The Bertz CT molecular complexity index is 1300. The second-order valence-electron chi connectivity index (χ2n) is 9.31. The number of carbonyl (C=O) groups excluding carboxylic acids is 1. The number of hydrogen-bond donors (Lipinski definition) is 1. The van der Waals surface area contributed by atoms with Crippen LogP contribution in [0.5, 0.6) is 0 Å². The molecule has 2 saturated carbocycles. The van der Waals surface area contributed by atoms with Crippen molar-refractivity contribution in [2.75, 3.05) is 4.90 Å². The number of carbonyl (C=O) groups is 1. The number of benzene rings is 2. The molecule has 0 radical (unpaired) electrons. The topological polar surface area (TPSA) is 82.2 Å². The van der Waals surface area contributed by atoms with Gasteiger partial charge < -0.3 is 14.6 Å². The van der Waals surface area contributed by atoms with Crippen molar-refractivity contribution in [2.45, 2.75) is 62.6 Å². The number of amides is 1. The van der Waals surface area contributed by atoms with E-state index >= 15 is 0 Å². The van der Waals surface area contributed by atoms with Crippen molar-refractivity contribution in [1.29, 1.82) is 5.26 Å². The molecular weight excluding hydrogens is 407 g/mol. The molecule has 0 bridgehead atoms. The molecular formula is C25H23FN4O2. The number of anilines is 1. The first kappa shape index (κ1) is 19.4. The van der Waals surface area contributed by atoms with Crippen LogP contribution in [0, 0.1) is 17.1 Å². The maximum absolute atomic E-state index is 14.1. The van der Waals surface area contributed by atoms with E-state index in [0.717, 1.165) is 60.9 Å². The van der Waals surface area contributed by atoms with Crippen LogP contribution >= 0.6 is 0 Å². The molecule has 1 aliphatic heterocycles. The minimum Gasteiger partial charge on any atom is -0.393 e. The number of nitrogens with zero attached hydrogens (tertiary/aromatic N) is 4. The maximum Gasteiger partial charge on any atom is 0.238 e. The highest BCUT2D eigenvalue weighted by Gasteiger charge is 2.59. The molecule has 32 heavy (non-hydrogen) atoms. The molecule has 2 aliphatic carbocycles. The van der Waals surface area contributed by atoms with Crippen LogP contribution in [0.2, 0.25) is 0 Å². The number of halogens is 1. The van der Waals surface area contributed by atoms with E-state index in [9.17, 15) is 19.6 Å². The van der Waals surface area contributed by atoms with Crippen LogP contribution in [0.25, 0.3) is 11.0 Å². The van der Waals surface area contributed by atoms with Crippen LogP contribution in [0.1, 0.15) is 61.5 Å². The highest BCUT2D eigenvalue weighted by molar-refractivity contribution is 6.10. The number of fused-ring (bicyclic) bond motifs is 3. The minimum absolute atomic E-state index is 0.0217. The smallest absolute Gasteiger partial charge is 0.238 e. The van der Waals surface area contributed by atoms with Crippen LogP contribution < -0.4 is 4.90 Å². The molecule has 6 nitrogen and oxygen atoms in total. The van der Waals surface area contributed by atoms with Gasteiger partial charge in [-0.25, -0.2) is 9.37 Å². The zero-order valence-corrected chi connectivity index (χ0v) is 17.6. The summed E-state index contributed by atoms with van der Waals surface area (Å²) in [6.07, 6.45) is 4.40. The number of rotatable bonds is 3. The fourth-order valence-electron chi connectivity index (χ4n) is 5.58.